The summed E-state index contributed by atoms with van der Waals surface area (Å²) in [4.78, 5) is 2.57. The molecule has 0 heterocycles. The van der Waals surface area contributed by atoms with Crippen molar-refractivity contribution >= 4 is 0 Å². The summed E-state index contributed by atoms with van der Waals surface area (Å²) in [5, 5.41) is 3.75. The van der Waals surface area contributed by atoms with Gasteiger partial charge in [0.15, 0.2) is 0 Å². The molecule has 0 spiro atoms. The van der Waals surface area contributed by atoms with Gasteiger partial charge >= 0.3 is 0 Å². The average Bonchev–Trinajstić information content (AvgIpc) is 2.44. The molecule has 0 aliphatic rings. The monoisotopic (exact) mass is 290 g/mol. The Morgan fingerprint density at radius 2 is 1.81 bits per heavy atom. The van der Waals surface area contributed by atoms with E-state index in [2.05, 4.69) is 70.0 Å². The lowest BCUT2D eigenvalue weighted by Crippen LogP contribution is -2.37. The van der Waals surface area contributed by atoms with Gasteiger partial charge in [0, 0.05) is 19.1 Å². The molecular weight excluding hydrogens is 256 g/mol. The fraction of sp³-hybridized carbons (Fsp3) is 0.684. The second-order valence-corrected chi connectivity index (χ2v) is 6.61. The Morgan fingerprint density at radius 3 is 2.38 bits per heavy atom. The first-order chi connectivity index (χ1) is 9.97. The van der Waals surface area contributed by atoms with Gasteiger partial charge in [0.05, 0.1) is 0 Å². The summed E-state index contributed by atoms with van der Waals surface area (Å²) in [6.45, 7) is 18.0. The van der Waals surface area contributed by atoms with Crippen LogP contribution in [0.3, 0.4) is 0 Å². The molecule has 21 heavy (non-hydrogen) atoms. The first-order valence-electron chi connectivity index (χ1n) is 8.50. The van der Waals surface area contributed by atoms with Crippen LogP contribution in [-0.4, -0.2) is 31.1 Å². The van der Waals surface area contributed by atoms with Gasteiger partial charge in [-0.05, 0) is 50.4 Å². The molecule has 1 rings (SSSR count). The van der Waals surface area contributed by atoms with E-state index in [0.717, 1.165) is 25.6 Å². The average molecular weight is 290 g/mol. The van der Waals surface area contributed by atoms with E-state index in [1.165, 1.54) is 29.7 Å². The zero-order chi connectivity index (χ0) is 15.8. The Morgan fingerprint density at radius 1 is 1.10 bits per heavy atom. The highest BCUT2D eigenvalue weighted by atomic mass is 15.1. The lowest BCUT2D eigenvalue weighted by molar-refractivity contribution is 0.228. The van der Waals surface area contributed by atoms with Crippen molar-refractivity contribution in [3.63, 3.8) is 0 Å². The maximum absolute atomic E-state index is 3.75. The molecule has 1 aromatic carbocycles. The molecule has 120 valence electrons. The van der Waals surface area contributed by atoms with Crippen molar-refractivity contribution in [1.29, 1.82) is 0 Å². The fourth-order valence-corrected chi connectivity index (χ4v) is 2.83. The first-order valence-corrected chi connectivity index (χ1v) is 8.50. The summed E-state index contributed by atoms with van der Waals surface area (Å²) in [6.07, 6.45) is 1.18. The van der Waals surface area contributed by atoms with Gasteiger partial charge < -0.3 is 10.2 Å². The third-order valence-electron chi connectivity index (χ3n) is 3.96. The Hall–Kier alpha value is -0.860. The van der Waals surface area contributed by atoms with Crippen LogP contribution in [-0.2, 0) is 0 Å². The first kappa shape index (κ1) is 18.2. The molecule has 0 aliphatic heterocycles. The predicted octanol–water partition coefficient (Wildman–Crippen LogP) is 4.32. The van der Waals surface area contributed by atoms with Gasteiger partial charge in [-0.1, -0.05) is 51.5 Å². The van der Waals surface area contributed by atoms with Crippen LogP contribution in [0.25, 0.3) is 0 Å². The number of benzene rings is 1. The second-order valence-electron chi connectivity index (χ2n) is 6.61. The molecule has 1 N–H and O–H groups in total. The highest BCUT2D eigenvalue weighted by molar-refractivity contribution is 5.33. The van der Waals surface area contributed by atoms with E-state index in [4.69, 9.17) is 0 Å². The van der Waals surface area contributed by atoms with E-state index in [-0.39, 0.29) is 0 Å². The predicted molar refractivity (Wildman–Crippen MR) is 93.9 cm³/mol. The Balaban J connectivity index is 2.90. The van der Waals surface area contributed by atoms with E-state index in [1.807, 2.05) is 0 Å². The largest absolute Gasteiger partial charge is 0.309 e. The van der Waals surface area contributed by atoms with Crippen LogP contribution in [0.2, 0.25) is 0 Å². The van der Waals surface area contributed by atoms with Crippen LogP contribution in [0.4, 0.5) is 0 Å². The Kier molecular flexibility index (Phi) is 7.98. The van der Waals surface area contributed by atoms with E-state index in [0.29, 0.717) is 6.04 Å². The van der Waals surface area contributed by atoms with Crippen molar-refractivity contribution < 1.29 is 0 Å². The summed E-state index contributed by atoms with van der Waals surface area (Å²) >= 11 is 0. The van der Waals surface area contributed by atoms with Crippen molar-refractivity contribution in [3.05, 3.63) is 34.9 Å². The Labute approximate surface area is 131 Å². The molecule has 0 aliphatic carbocycles. The fourth-order valence-electron chi connectivity index (χ4n) is 2.83. The summed E-state index contributed by atoms with van der Waals surface area (Å²) < 4.78 is 0. The van der Waals surface area contributed by atoms with E-state index in [1.54, 1.807) is 0 Å². The lowest BCUT2D eigenvalue weighted by Gasteiger charge is -2.30. The van der Waals surface area contributed by atoms with Crippen molar-refractivity contribution in [3.8, 4) is 0 Å². The highest BCUT2D eigenvalue weighted by Gasteiger charge is 2.17. The standard InChI is InChI=1S/C19H34N2/c1-7-11-20-19(14-21(8-2)13-15(3)4)18-12-16(5)9-10-17(18)6/h9-10,12,15,19-20H,7-8,11,13-14H2,1-6H3. The third kappa shape index (κ3) is 6.19. The minimum Gasteiger partial charge on any atom is -0.309 e. The van der Waals surface area contributed by atoms with Crippen molar-refractivity contribution in [2.45, 2.75) is 54.0 Å². The minimum absolute atomic E-state index is 0.434. The molecule has 0 amide bonds. The second kappa shape index (κ2) is 9.22. The number of hydrogen-bond donors (Lipinski definition) is 1. The van der Waals surface area contributed by atoms with Crippen molar-refractivity contribution in [2.24, 2.45) is 5.92 Å². The van der Waals surface area contributed by atoms with Gasteiger partial charge in [0.1, 0.15) is 0 Å². The zero-order valence-electron chi connectivity index (χ0n) is 14.9. The summed E-state index contributed by atoms with van der Waals surface area (Å²) in [5.74, 6) is 0.718. The molecular formula is C19H34N2. The van der Waals surface area contributed by atoms with Crippen molar-refractivity contribution in [1.82, 2.24) is 10.2 Å². The van der Waals surface area contributed by atoms with Gasteiger partial charge in [0.2, 0.25) is 0 Å². The van der Waals surface area contributed by atoms with Gasteiger partial charge in [0.25, 0.3) is 0 Å². The zero-order valence-corrected chi connectivity index (χ0v) is 14.9. The van der Waals surface area contributed by atoms with E-state index in [9.17, 15) is 0 Å². The molecule has 0 radical (unpaired) electrons. The molecule has 0 aromatic heterocycles. The van der Waals surface area contributed by atoms with Gasteiger partial charge in [-0.25, -0.2) is 0 Å². The molecule has 0 fully saturated rings. The number of nitrogens with zero attached hydrogens (tertiary/aromatic N) is 1. The SMILES string of the molecule is CCCNC(CN(CC)CC(C)C)c1cc(C)ccc1C. The summed E-state index contributed by atoms with van der Waals surface area (Å²) in [5.41, 5.74) is 4.21. The van der Waals surface area contributed by atoms with Crippen LogP contribution >= 0.6 is 0 Å². The molecule has 1 unspecified atom stereocenters. The summed E-state index contributed by atoms with van der Waals surface area (Å²) in [7, 11) is 0. The van der Waals surface area contributed by atoms with Crippen LogP contribution in [0.15, 0.2) is 18.2 Å². The summed E-state index contributed by atoms with van der Waals surface area (Å²) in [6, 6.07) is 7.25. The van der Waals surface area contributed by atoms with Gasteiger partial charge in [-0.2, -0.15) is 0 Å². The molecule has 2 heteroatoms. The molecule has 1 atom stereocenters. The van der Waals surface area contributed by atoms with Crippen molar-refractivity contribution in [2.75, 3.05) is 26.2 Å². The highest BCUT2D eigenvalue weighted by Crippen LogP contribution is 2.21. The molecule has 0 bridgehead atoms. The maximum Gasteiger partial charge on any atom is 0.0452 e. The number of hydrogen-bond acceptors (Lipinski definition) is 2. The number of aryl methyl sites for hydroxylation is 2. The van der Waals surface area contributed by atoms with E-state index < -0.39 is 0 Å². The molecule has 0 saturated heterocycles. The third-order valence-corrected chi connectivity index (χ3v) is 3.96. The molecule has 2 nitrogen and oxygen atoms in total. The lowest BCUT2D eigenvalue weighted by atomic mass is 9.98. The maximum atomic E-state index is 3.75. The normalized spacial score (nSPS) is 13.1. The Bertz CT molecular complexity index is 412. The van der Waals surface area contributed by atoms with Crippen LogP contribution < -0.4 is 5.32 Å². The molecule has 1 aromatic rings. The van der Waals surface area contributed by atoms with Crippen LogP contribution in [0, 0.1) is 19.8 Å². The van der Waals surface area contributed by atoms with Gasteiger partial charge in [-0.15, -0.1) is 0 Å². The van der Waals surface area contributed by atoms with Crippen LogP contribution in [0.1, 0.15) is 56.8 Å². The topological polar surface area (TPSA) is 15.3 Å². The number of rotatable bonds is 9. The number of nitrogens with one attached hydrogen (secondary N) is 1. The number of likely N-dealkylation sites (N-methyl/N-ethyl adjacent to an activating group) is 1. The quantitative estimate of drug-likeness (QED) is 0.728. The molecule has 0 saturated carbocycles. The van der Waals surface area contributed by atoms with Gasteiger partial charge in [-0.3, -0.25) is 0 Å². The minimum atomic E-state index is 0.434. The van der Waals surface area contributed by atoms with E-state index >= 15 is 0 Å². The van der Waals surface area contributed by atoms with Crippen LogP contribution in [0.5, 0.6) is 0 Å². The smallest absolute Gasteiger partial charge is 0.0452 e.